The van der Waals surface area contributed by atoms with Crippen molar-refractivity contribution in [2.45, 2.75) is 13.3 Å². The Kier molecular flexibility index (Phi) is 3.57. The molecular formula is C12H11FN2O2S. The second-order valence-electron chi connectivity index (χ2n) is 3.58. The van der Waals surface area contributed by atoms with E-state index >= 15 is 0 Å². The monoisotopic (exact) mass is 266 g/mol. The molecule has 0 saturated carbocycles. The zero-order chi connectivity index (χ0) is 13.1. The largest absolute Gasteiger partial charge is 0.476 e. The standard InChI is InChI=1S/C12H11FN2O2S/c1-2-9-15-10(12(16)17)11(18-9)14-8-5-3-7(13)4-6-8/h3-6,14H,2H2,1H3,(H,16,17). The van der Waals surface area contributed by atoms with E-state index in [4.69, 9.17) is 5.11 Å². The van der Waals surface area contributed by atoms with E-state index in [0.717, 1.165) is 5.01 Å². The first kappa shape index (κ1) is 12.5. The summed E-state index contributed by atoms with van der Waals surface area (Å²) in [7, 11) is 0. The van der Waals surface area contributed by atoms with Gasteiger partial charge in [0.2, 0.25) is 0 Å². The quantitative estimate of drug-likeness (QED) is 0.891. The van der Waals surface area contributed by atoms with Crippen molar-refractivity contribution in [3.63, 3.8) is 0 Å². The van der Waals surface area contributed by atoms with E-state index in [1.54, 1.807) is 12.1 Å². The number of aromatic nitrogens is 1. The number of halogens is 1. The normalized spacial score (nSPS) is 10.3. The van der Waals surface area contributed by atoms with Crippen molar-refractivity contribution < 1.29 is 14.3 Å². The predicted molar refractivity (Wildman–Crippen MR) is 68.1 cm³/mol. The van der Waals surface area contributed by atoms with Crippen molar-refractivity contribution in [3.05, 3.63) is 40.8 Å². The molecule has 0 radical (unpaired) electrons. The van der Waals surface area contributed by atoms with Crippen molar-refractivity contribution in [3.8, 4) is 0 Å². The van der Waals surface area contributed by atoms with Gasteiger partial charge in [-0.15, -0.1) is 11.3 Å². The number of aryl methyl sites for hydroxylation is 1. The van der Waals surface area contributed by atoms with Crippen LogP contribution < -0.4 is 5.32 Å². The summed E-state index contributed by atoms with van der Waals surface area (Å²) >= 11 is 1.29. The highest BCUT2D eigenvalue weighted by Gasteiger charge is 2.16. The van der Waals surface area contributed by atoms with Crippen LogP contribution in [0, 0.1) is 5.82 Å². The number of carboxylic acid groups (broad SMARTS) is 1. The number of nitrogens with zero attached hydrogens (tertiary/aromatic N) is 1. The first-order chi connectivity index (χ1) is 8.60. The molecule has 1 aromatic heterocycles. The maximum atomic E-state index is 12.8. The lowest BCUT2D eigenvalue weighted by Gasteiger charge is -2.03. The maximum Gasteiger partial charge on any atom is 0.357 e. The molecule has 0 aliphatic heterocycles. The van der Waals surface area contributed by atoms with E-state index in [0.29, 0.717) is 17.1 Å². The molecule has 0 fully saturated rings. The summed E-state index contributed by atoms with van der Waals surface area (Å²) in [5.41, 5.74) is 0.631. The van der Waals surface area contributed by atoms with Crippen molar-refractivity contribution >= 4 is 28.0 Å². The van der Waals surface area contributed by atoms with Gasteiger partial charge in [-0.2, -0.15) is 0 Å². The summed E-state index contributed by atoms with van der Waals surface area (Å²) in [6.45, 7) is 1.91. The molecule has 0 spiro atoms. The second kappa shape index (κ2) is 5.14. The lowest BCUT2D eigenvalue weighted by molar-refractivity contribution is 0.0692. The molecule has 2 aromatic rings. The molecule has 1 heterocycles. The molecule has 18 heavy (non-hydrogen) atoms. The van der Waals surface area contributed by atoms with Gasteiger partial charge in [0.25, 0.3) is 0 Å². The SMILES string of the molecule is CCc1nc(C(=O)O)c(Nc2ccc(F)cc2)s1. The van der Waals surface area contributed by atoms with Crippen molar-refractivity contribution in [2.75, 3.05) is 5.32 Å². The molecule has 0 atom stereocenters. The zero-order valence-corrected chi connectivity index (χ0v) is 10.4. The topological polar surface area (TPSA) is 62.2 Å². The number of hydrogen-bond donors (Lipinski definition) is 2. The van der Waals surface area contributed by atoms with Crippen LogP contribution in [0.5, 0.6) is 0 Å². The Hall–Kier alpha value is -1.95. The fraction of sp³-hybridized carbons (Fsp3) is 0.167. The molecule has 0 aliphatic carbocycles. The molecular weight excluding hydrogens is 255 g/mol. The highest BCUT2D eigenvalue weighted by molar-refractivity contribution is 7.16. The average Bonchev–Trinajstić information content (AvgIpc) is 2.75. The van der Waals surface area contributed by atoms with Gasteiger partial charge in [0.15, 0.2) is 5.69 Å². The van der Waals surface area contributed by atoms with Crippen LogP contribution in [0.4, 0.5) is 15.1 Å². The van der Waals surface area contributed by atoms with E-state index < -0.39 is 5.97 Å². The third-order valence-electron chi connectivity index (χ3n) is 2.28. The third-order valence-corrected chi connectivity index (χ3v) is 3.39. The number of aromatic carboxylic acids is 1. The van der Waals surface area contributed by atoms with Crippen molar-refractivity contribution in [2.24, 2.45) is 0 Å². The van der Waals surface area contributed by atoms with Crippen LogP contribution in [0.1, 0.15) is 22.4 Å². The van der Waals surface area contributed by atoms with Crippen LogP contribution in [0.3, 0.4) is 0 Å². The summed E-state index contributed by atoms with van der Waals surface area (Å²) in [6.07, 6.45) is 0.677. The first-order valence-electron chi connectivity index (χ1n) is 5.35. The summed E-state index contributed by atoms with van der Waals surface area (Å²) in [4.78, 5) is 15.1. The molecule has 0 aliphatic rings. The number of benzene rings is 1. The number of nitrogens with one attached hydrogen (secondary N) is 1. The average molecular weight is 266 g/mol. The lowest BCUT2D eigenvalue weighted by Crippen LogP contribution is -2.01. The Balaban J connectivity index is 2.30. The third kappa shape index (κ3) is 2.65. The van der Waals surface area contributed by atoms with Crippen molar-refractivity contribution in [1.82, 2.24) is 4.98 Å². The van der Waals surface area contributed by atoms with Gasteiger partial charge in [-0.25, -0.2) is 14.2 Å². The van der Waals surface area contributed by atoms with E-state index in [9.17, 15) is 9.18 Å². The molecule has 94 valence electrons. The van der Waals surface area contributed by atoms with Crippen LogP contribution in [0.25, 0.3) is 0 Å². The van der Waals surface area contributed by atoms with E-state index in [-0.39, 0.29) is 11.5 Å². The number of hydrogen-bond acceptors (Lipinski definition) is 4. The van der Waals surface area contributed by atoms with Gasteiger partial charge >= 0.3 is 5.97 Å². The van der Waals surface area contributed by atoms with Gasteiger partial charge in [0, 0.05) is 5.69 Å². The molecule has 6 heteroatoms. The fourth-order valence-electron chi connectivity index (χ4n) is 1.41. The van der Waals surface area contributed by atoms with Crippen LogP contribution in [0.2, 0.25) is 0 Å². The fourth-order valence-corrected chi connectivity index (χ4v) is 2.33. The summed E-state index contributed by atoms with van der Waals surface area (Å²) in [5, 5.41) is 13.2. The molecule has 0 amide bonds. The lowest BCUT2D eigenvalue weighted by atomic mass is 10.3. The minimum Gasteiger partial charge on any atom is -0.476 e. The Morgan fingerprint density at radius 1 is 1.44 bits per heavy atom. The smallest absolute Gasteiger partial charge is 0.357 e. The van der Waals surface area contributed by atoms with E-state index in [2.05, 4.69) is 10.3 Å². The predicted octanol–water partition coefficient (Wildman–Crippen LogP) is 3.29. The van der Waals surface area contributed by atoms with Gasteiger partial charge in [0.1, 0.15) is 10.8 Å². The number of rotatable bonds is 4. The molecule has 2 rings (SSSR count). The Bertz CT molecular complexity index is 566. The summed E-state index contributed by atoms with van der Waals surface area (Å²) in [5.74, 6) is -1.41. The molecule has 0 unspecified atom stereocenters. The molecule has 2 N–H and O–H groups in total. The Labute approximate surface area is 107 Å². The van der Waals surface area contributed by atoms with Crippen LogP contribution in [0.15, 0.2) is 24.3 Å². The van der Waals surface area contributed by atoms with Gasteiger partial charge < -0.3 is 10.4 Å². The van der Waals surface area contributed by atoms with E-state index in [1.165, 1.54) is 23.5 Å². The highest BCUT2D eigenvalue weighted by atomic mass is 32.1. The molecule has 0 saturated heterocycles. The van der Waals surface area contributed by atoms with Crippen LogP contribution >= 0.6 is 11.3 Å². The minimum atomic E-state index is -1.07. The molecule has 0 bridgehead atoms. The number of carbonyl (C=O) groups is 1. The van der Waals surface area contributed by atoms with Gasteiger partial charge in [-0.3, -0.25) is 0 Å². The van der Waals surface area contributed by atoms with Gasteiger partial charge in [0.05, 0.1) is 5.01 Å². The Morgan fingerprint density at radius 3 is 2.67 bits per heavy atom. The summed E-state index contributed by atoms with van der Waals surface area (Å²) in [6, 6.07) is 5.72. The number of anilines is 2. The van der Waals surface area contributed by atoms with Gasteiger partial charge in [-0.1, -0.05) is 6.92 Å². The zero-order valence-electron chi connectivity index (χ0n) is 9.61. The summed E-state index contributed by atoms with van der Waals surface area (Å²) < 4.78 is 12.8. The van der Waals surface area contributed by atoms with Crippen LogP contribution in [-0.2, 0) is 6.42 Å². The van der Waals surface area contributed by atoms with E-state index in [1.807, 2.05) is 6.92 Å². The second-order valence-corrected chi connectivity index (χ2v) is 4.66. The maximum absolute atomic E-state index is 12.8. The van der Waals surface area contributed by atoms with Gasteiger partial charge in [-0.05, 0) is 30.7 Å². The number of thiazole rings is 1. The van der Waals surface area contributed by atoms with Crippen molar-refractivity contribution in [1.29, 1.82) is 0 Å². The highest BCUT2D eigenvalue weighted by Crippen LogP contribution is 2.28. The minimum absolute atomic E-state index is 0.00109. The van der Waals surface area contributed by atoms with Crippen LogP contribution in [-0.4, -0.2) is 16.1 Å². The first-order valence-corrected chi connectivity index (χ1v) is 6.17. The number of carboxylic acids is 1. The molecule has 1 aromatic carbocycles. The molecule has 4 nitrogen and oxygen atoms in total. The Morgan fingerprint density at radius 2 is 2.11 bits per heavy atom.